The highest BCUT2D eigenvalue weighted by molar-refractivity contribution is 9.10. The molecule has 0 saturated carbocycles. The van der Waals surface area contributed by atoms with E-state index in [1.807, 2.05) is 0 Å². The normalized spacial score (nSPS) is 11.2. The second-order valence-corrected chi connectivity index (χ2v) is 9.63. The van der Waals surface area contributed by atoms with E-state index in [4.69, 9.17) is 30.0 Å². The summed E-state index contributed by atoms with van der Waals surface area (Å²) in [7, 11) is 0.185. The number of carbonyl (C=O) groups is 1. The number of amides is 1. The number of hydrazone groups is 1. The molecule has 0 aliphatic rings. The first-order chi connectivity index (χ1) is 16.7. The van der Waals surface area contributed by atoms with Crippen molar-refractivity contribution in [1.82, 2.24) is 5.43 Å². The first-order valence-corrected chi connectivity index (χ1v) is 12.4. The molecule has 184 valence electrons. The Bertz CT molecular complexity index is 1360. The van der Waals surface area contributed by atoms with Crippen molar-refractivity contribution in [2.45, 2.75) is 4.90 Å². The number of ether oxygens (including phenoxy) is 3. The fourth-order valence-electron chi connectivity index (χ4n) is 2.86. The predicted molar refractivity (Wildman–Crippen MR) is 135 cm³/mol. The molecule has 0 radical (unpaired) electrons. The number of halogens is 2. The number of hydrogen-bond donors (Lipinski definition) is 1. The standard InChI is InChI=1S/C23H20BrClN2O7S/c1-31-19-9-4-15(12-20(19)32-2)23(28)27-26-13-14-10-18(24)22(21(11-14)33-3)34-35(29,30)17-7-5-16(25)6-8-17/h4-13H,1-3H3,(H,27,28)/b26-13+. The topological polar surface area (TPSA) is 113 Å². The Morgan fingerprint density at radius 3 is 2.23 bits per heavy atom. The van der Waals surface area contributed by atoms with Crippen molar-refractivity contribution in [2.75, 3.05) is 21.3 Å². The summed E-state index contributed by atoms with van der Waals surface area (Å²) >= 11 is 9.12. The lowest BCUT2D eigenvalue weighted by molar-refractivity contribution is 0.0954. The third-order valence-electron chi connectivity index (χ3n) is 4.57. The molecule has 0 spiro atoms. The van der Waals surface area contributed by atoms with E-state index in [1.54, 1.807) is 18.2 Å². The highest BCUT2D eigenvalue weighted by Crippen LogP contribution is 2.38. The summed E-state index contributed by atoms with van der Waals surface area (Å²) in [6, 6.07) is 13.3. The number of methoxy groups -OCH3 is 3. The molecule has 0 heterocycles. The van der Waals surface area contributed by atoms with Crippen LogP contribution in [0.2, 0.25) is 5.02 Å². The summed E-state index contributed by atoms with van der Waals surface area (Å²) in [6.07, 6.45) is 1.36. The summed E-state index contributed by atoms with van der Waals surface area (Å²) in [5.41, 5.74) is 3.22. The van der Waals surface area contributed by atoms with E-state index in [2.05, 4.69) is 26.5 Å². The van der Waals surface area contributed by atoms with Crippen LogP contribution in [0.15, 0.2) is 69.1 Å². The molecular weight excluding hydrogens is 564 g/mol. The molecule has 0 unspecified atom stereocenters. The average molecular weight is 584 g/mol. The van der Waals surface area contributed by atoms with Crippen LogP contribution in [-0.2, 0) is 10.1 Å². The van der Waals surface area contributed by atoms with Crippen molar-refractivity contribution >= 4 is 49.8 Å². The van der Waals surface area contributed by atoms with Crippen molar-refractivity contribution in [3.05, 3.63) is 75.2 Å². The van der Waals surface area contributed by atoms with E-state index in [1.165, 1.54) is 63.9 Å². The molecule has 3 rings (SSSR count). The second-order valence-electron chi connectivity index (χ2n) is 6.79. The van der Waals surface area contributed by atoms with Gasteiger partial charge in [0.05, 0.1) is 32.0 Å². The summed E-state index contributed by atoms with van der Waals surface area (Å²) in [4.78, 5) is 12.3. The van der Waals surface area contributed by atoms with Crippen LogP contribution in [0, 0.1) is 0 Å². The van der Waals surface area contributed by atoms with Gasteiger partial charge >= 0.3 is 10.1 Å². The summed E-state index contributed by atoms with van der Waals surface area (Å²) < 4.78 is 46.5. The molecule has 0 fully saturated rings. The highest BCUT2D eigenvalue weighted by Gasteiger charge is 2.22. The number of hydrogen-bond acceptors (Lipinski definition) is 8. The third-order valence-corrected chi connectivity index (χ3v) is 6.65. The zero-order valence-electron chi connectivity index (χ0n) is 18.7. The Morgan fingerprint density at radius 2 is 1.60 bits per heavy atom. The maximum atomic E-state index is 12.7. The Hall–Kier alpha value is -3.28. The highest BCUT2D eigenvalue weighted by atomic mass is 79.9. The minimum Gasteiger partial charge on any atom is -0.493 e. The zero-order chi connectivity index (χ0) is 25.6. The molecule has 0 aromatic heterocycles. The number of carbonyl (C=O) groups excluding carboxylic acids is 1. The van der Waals surface area contributed by atoms with Crippen LogP contribution in [0.3, 0.4) is 0 Å². The van der Waals surface area contributed by atoms with Crippen LogP contribution in [0.25, 0.3) is 0 Å². The second kappa shape index (κ2) is 11.4. The molecule has 1 amide bonds. The maximum absolute atomic E-state index is 12.7. The van der Waals surface area contributed by atoms with Crippen LogP contribution in [0.4, 0.5) is 0 Å². The Balaban J connectivity index is 1.77. The van der Waals surface area contributed by atoms with E-state index in [0.717, 1.165) is 0 Å². The largest absolute Gasteiger partial charge is 0.493 e. The van der Waals surface area contributed by atoms with Crippen molar-refractivity contribution < 1.29 is 31.6 Å². The molecule has 0 aliphatic carbocycles. The molecule has 35 heavy (non-hydrogen) atoms. The molecule has 3 aromatic carbocycles. The van der Waals surface area contributed by atoms with Gasteiger partial charge in [-0.1, -0.05) is 11.6 Å². The Labute approximate surface area is 215 Å². The lowest BCUT2D eigenvalue weighted by Crippen LogP contribution is -2.17. The van der Waals surface area contributed by atoms with Gasteiger partial charge < -0.3 is 18.4 Å². The van der Waals surface area contributed by atoms with Crippen molar-refractivity contribution in [1.29, 1.82) is 0 Å². The van der Waals surface area contributed by atoms with Crippen molar-refractivity contribution in [3.8, 4) is 23.0 Å². The smallest absolute Gasteiger partial charge is 0.339 e. The molecule has 0 saturated heterocycles. The first kappa shape index (κ1) is 26.3. The van der Waals surface area contributed by atoms with Gasteiger partial charge in [-0.2, -0.15) is 13.5 Å². The van der Waals surface area contributed by atoms with Gasteiger partial charge in [0, 0.05) is 10.6 Å². The molecule has 9 nitrogen and oxygen atoms in total. The summed E-state index contributed by atoms with van der Waals surface area (Å²) in [6.45, 7) is 0. The van der Waals surface area contributed by atoms with Gasteiger partial charge in [0.25, 0.3) is 5.91 Å². The molecule has 1 N–H and O–H groups in total. The molecule has 12 heteroatoms. The van der Waals surface area contributed by atoms with E-state index in [-0.39, 0.29) is 16.4 Å². The van der Waals surface area contributed by atoms with E-state index in [0.29, 0.717) is 32.1 Å². The predicted octanol–water partition coefficient (Wildman–Crippen LogP) is 4.66. The molecule has 0 atom stereocenters. The van der Waals surface area contributed by atoms with E-state index < -0.39 is 16.0 Å². The SMILES string of the molecule is COc1ccc(C(=O)N/N=C/c2cc(Br)c(OS(=O)(=O)c3ccc(Cl)cc3)c(OC)c2)cc1OC. The van der Waals surface area contributed by atoms with E-state index in [9.17, 15) is 13.2 Å². The van der Waals surface area contributed by atoms with Gasteiger partial charge in [-0.15, -0.1) is 0 Å². The van der Waals surface area contributed by atoms with Gasteiger partial charge in [0.2, 0.25) is 0 Å². The van der Waals surface area contributed by atoms with Crippen molar-refractivity contribution in [3.63, 3.8) is 0 Å². The lowest BCUT2D eigenvalue weighted by atomic mass is 10.2. The quantitative estimate of drug-likeness (QED) is 0.221. The van der Waals surface area contributed by atoms with Crippen LogP contribution >= 0.6 is 27.5 Å². The molecule has 3 aromatic rings. The number of benzene rings is 3. The van der Waals surface area contributed by atoms with Gasteiger partial charge in [0.15, 0.2) is 23.0 Å². The van der Waals surface area contributed by atoms with Gasteiger partial charge in [-0.3, -0.25) is 4.79 Å². The van der Waals surface area contributed by atoms with Crippen LogP contribution in [-0.4, -0.2) is 41.9 Å². The molecule has 0 aliphatic heterocycles. The average Bonchev–Trinajstić information content (AvgIpc) is 2.85. The van der Waals surface area contributed by atoms with Crippen LogP contribution in [0.5, 0.6) is 23.0 Å². The first-order valence-electron chi connectivity index (χ1n) is 9.81. The van der Waals surface area contributed by atoms with Gasteiger partial charge in [-0.05, 0) is 76.1 Å². The Kier molecular flexibility index (Phi) is 8.60. The van der Waals surface area contributed by atoms with Crippen LogP contribution in [0.1, 0.15) is 15.9 Å². The number of nitrogens with one attached hydrogen (secondary N) is 1. The van der Waals surface area contributed by atoms with Crippen molar-refractivity contribution in [2.24, 2.45) is 5.10 Å². The molecule has 0 bridgehead atoms. The third kappa shape index (κ3) is 6.44. The van der Waals surface area contributed by atoms with Gasteiger partial charge in [-0.25, -0.2) is 5.43 Å². The van der Waals surface area contributed by atoms with Crippen LogP contribution < -0.4 is 23.8 Å². The minimum atomic E-state index is -4.15. The maximum Gasteiger partial charge on any atom is 0.339 e. The summed E-state index contributed by atoms with van der Waals surface area (Å²) in [5, 5.41) is 4.34. The lowest BCUT2D eigenvalue weighted by Gasteiger charge is -2.13. The summed E-state index contributed by atoms with van der Waals surface area (Å²) in [5.74, 6) is 0.507. The van der Waals surface area contributed by atoms with Gasteiger partial charge in [0.1, 0.15) is 4.90 Å². The Morgan fingerprint density at radius 1 is 0.943 bits per heavy atom. The minimum absolute atomic E-state index is 0.0473. The molecular formula is C23H20BrClN2O7S. The monoisotopic (exact) mass is 582 g/mol. The fraction of sp³-hybridized carbons (Fsp3) is 0.130. The number of rotatable bonds is 9. The zero-order valence-corrected chi connectivity index (χ0v) is 21.9. The van der Waals surface area contributed by atoms with E-state index >= 15 is 0 Å². The fourth-order valence-corrected chi connectivity index (χ4v) is 4.59. The number of nitrogens with zero attached hydrogens (tertiary/aromatic N) is 1.